The van der Waals surface area contributed by atoms with E-state index in [1.807, 2.05) is 12.1 Å². The molecule has 0 radical (unpaired) electrons. The van der Waals surface area contributed by atoms with Gasteiger partial charge in [-0.25, -0.2) is 4.98 Å². The Morgan fingerprint density at radius 3 is 2.77 bits per heavy atom. The van der Waals surface area contributed by atoms with Gasteiger partial charge >= 0.3 is 0 Å². The molecule has 0 aliphatic heterocycles. The summed E-state index contributed by atoms with van der Waals surface area (Å²) >= 11 is 1.64. The van der Waals surface area contributed by atoms with Gasteiger partial charge in [-0.15, -0.1) is 11.3 Å². The van der Waals surface area contributed by atoms with E-state index in [0.717, 1.165) is 40.7 Å². The summed E-state index contributed by atoms with van der Waals surface area (Å²) in [5.74, 6) is 0.864. The van der Waals surface area contributed by atoms with Gasteiger partial charge in [0.05, 0.1) is 18.3 Å². The number of benzene rings is 2. The highest BCUT2D eigenvalue weighted by molar-refractivity contribution is 7.14. The molecule has 26 heavy (non-hydrogen) atoms. The Bertz CT molecular complexity index is 1020. The third kappa shape index (κ3) is 3.18. The number of fused-ring (bicyclic) bond motifs is 1. The maximum absolute atomic E-state index is 5.44. The van der Waals surface area contributed by atoms with Gasteiger partial charge in [0.25, 0.3) is 0 Å². The molecule has 4 aromatic rings. The van der Waals surface area contributed by atoms with E-state index in [1.165, 1.54) is 10.9 Å². The number of nitrogens with one attached hydrogen (secondary N) is 1. The summed E-state index contributed by atoms with van der Waals surface area (Å²) < 4.78 is 7.71. The lowest BCUT2D eigenvalue weighted by Gasteiger charge is -2.06. The molecule has 0 saturated heterocycles. The van der Waals surface area contributed by atoms with E-state index >= 15 is 0 Å². The Hall–Kier alpha value is -2.79. The second-order valence-corrected chi connectivity index (χ2v) is 6.97. The molecule has 0 fully saturated rings. The maximum Gasteiger partial charge on any atom is 0.183 e. The lowest BCUT2D eigenvalue weighted by atomic mass is 10.1. The normalized spacial score (nSPS) is 11.0. The summed E-state index contributed by atoms with van der Waals surface area (Å²) in [6, 6.07) is 16.7. The first-order chi connectivity index (χ1) is 12.8. The Labute approximate surface area is 157 Å². The average Bonchev–Trinajstić information content (AvgIpc) is 3.27. The Kier molecular flexibility index (Phi) is 4.63. The van der Waals surface area contributed by atoms with Crippen LogP contribution in [0.4, 0.5) is 5.13 Å². The van der Waals surface area contributed by atoms with Crippen molar-refractivity contribution < 1.29 is 4.74 Å². The van der Waals surface area contributed by atoms with E-state index in [4.69, 9.17) is 9.72 Å². The topological polar surface area (TPSA) is 39.1 Å². The van der Waals surface area contributed by atoms with Crippen molar-refractivity contribution in [3.8, 4) is 17.0 Å². The molecule has 4 rings (SSSR count). The molecule has 0 bridgehead atoms. The van der Waals surface area contributed by atoms with Crippen LogP contribution < -0.4 is 10.1 Å². The largest absolute Gasteiger partial charge is 0.497 e. The van der Waals surface area contributed by atoms with Crippen LogP contribution in [-0.4, -0.2) is 23.2 Å². The van der Waals surface area contributed by atoms with Crippen LogP contribution in [0.15, 0.2) is 60.1 Å². The van der Waals surface area contributed by atoms with Gasteiger partial charge < -0.3 is 14.6 Å². The number of rotatable bonds is 6. The zero-order valence-corrected chi connectivity index (χ0v) is 15.7. The minimum absolute atomic E-state index is 0.814. The standard InChI is InChI=1S/C21H21N3OS/c1-3-22-21-23-19(14-26-21)18-13-24(12-15-7-5-4-6-8-15)20-11-16(25-2)9-10-17(18)20/h4-11,13-14H,3,12H2,1-2H3,(H,22,23). The van der Waals surface area contributed by atoms with Crippen LogP contribution in [0, 0.1) is 0 Å². The zero-order chi connectivity index (χ0) is 17.9. The Morgan fingerprint density at radius 1 is 1.15 bits per heavy atom. The number of anilines is 1. The lowest BCUT2D eigenvalue weighted by Crippen LogP contribution is -1.97. The van der Waals surface area contributed by atoms with Crippen molar-refractivity contribution in [2.45, 2.75) is 13.5 Å². The van der Waals surface area contributed by atoms with Crippen LogP contribution in [-0.2, 0) is 6.54 Å². The molecule has 0 unspecified atom stereocenters. The highest BCUT2D eigenvalue weighted by atomic mass is 32.1. The van der Waals surface area contributed by atoms with E-state index in [0.29, 0.717) is 0 Å². The minimum Gasteiger partial charge on any atom is -0.497 e. The summed E-state index contributed by atoms with van der Waals surface area (Å²) in [5, 5.41) is 7.55. The third-order valence-corrected chi connectivity index (χ3v) is 5.19. The highest BCUT2D eigenvalue weighted by Gasteiger charge is 2.14. The van der Waals surface area contributed by atoms with Crippen molar-refractivity contribution in [3.05, 3.63) is 65.7 Å². The second kappa shape index (κ2) is 7.22. The van der Waals surface area contributed by atoms with E-state index < -0.39 is 0 Å². The second-order valence-electron chi connectivity index (χ2n) is 6.11. The first kappa shape index (κ1) is 16.7. The number of nitrogens with zero attached hydrogens (tertiary/aromatic N) is 2. The minimum atomic E-state index is 0.814. The van der Waals surface area contributed by atoms with E-state index in [9.17, 15) is 0 Å². The monoisotopic (exact) mass is 363 g/mol. The highest BCUT2D eigenvalue weighted by Crippen LogP contribution is 2.34. The molecule has 2 heterocycles. The zero-order valence-electron chi connectivity index (χ0n) is 14.9. The number of thiazole rings is 1. The van der Waals surface area contributed by atoms with Gasteiger partial charge in [-0.3, -0.25) is 0 Å². The number of methoxy groups -OCH3 is 1. The SMILES string of the molecule is CCNc1nc(-c2cn(Cc3ccccc3)c3cc(OC)ccc23)cs1. The van der Waals surface area contributed by atoms with Crippen molar-refractivity contribution in [1.82, 2.24) is 9.55 Å². The predicted molar refractivity (Wildman–Crippen MR) is 109 cm³/mol. The van der Waals surface area contributed by atoms with Crippen molar-refractivity contribution in [2.75, 3.05) is 19.0 Å². The summed E-state index contributed by atoms with van der Waals surface area (Å²) in [6.45, 7) is 3.77. The van der Waals surface area contributed by atoms with Crippen LogP contribution >= 0.6 is 11.3 Å². The van der Waals surface area contributed by atoms with E-state index in [-0.39, 0.29) is 0 Å². The number of ether oxygens (including phenoxy) is 1. The van der Waals surface area contributed by atoms with Crippen molar-refractivity contribution >= 4 is 27.4 Å². The van der Waals surface area contributed by atoms with Crippen LogP contribution in [0.25, 0.3) is 22.2 Å². The summed E-state index contributed by atoms with van der Waals surface area (Å²) in [6.07, 6.45) is 2.20. The molecule has 0 aliphatic carbocycles. The molecule has 2 aromatic carbocycles. The summed E-state index contributed by atoms with van der Waals surface area (Å²) in [7, 11) is 1.70. The fraction of sp³-hybridized carbons (Fsp3) is 0.190. The van der Waals surface area contributed by atoms with Crippen molar-refractivity contribution in [3.63, 3.8) is 0 Å². The van der Waals surface area contributed by atoms with Crippen molar-refractivity contribution in [2.24, 2.45) is 0 Å². The van der Waals surface area contributed by atoms with Gasteiger partial charge in [-0.05, 0) is 24.6 Å². The van der Waals surface area contributed by atoms with Gasteiger partial charge in [0.15, 0.2) is 5.13 Å². The maximum atomic E-state index is 5.44. The van der Waals surface area contributed by atoms with Crippen LogP contribution in [0.5, 0.6) is 5.75 Å². The average molecular weight is 363 g/mol. The molecule has 1 N–H and O–H groups in total. The van der Waals surface area contributed by atoms with Crippen LogP contribution in [0.3, 0.4) is 0 Å². The van der Waals surface area contributed by atoms with Gasteiger partial charge in [-0.2, -0.15) is 0 Å². The molecule has 132 valence electrons. The molecule has 5 heteroatoms. The first-order valence-electron chi connectivity index (χ1n) is 8.69. The summed E-state index contributed by atoms with van der Waals surface area (Å²) in [5.41, 5.74) is 4.58. The van der Waals surface area contributed by atoms with Crippen molar-refractivity contribution in [1.29, 1.82) is 0 Å². The number of hydrogen-bond donors (Lipinski definition) is 1. The number of aromatic nitrogens is 2. The summed E-state index contributed by atoms with van der Waals surface area (Å²) in [4.78, 5) is 4.75. The molecule has 0 saturated carbocycles. The quantitative estimate of drug-likeness (QED) is 0.508. The molecular formula is C21H21N3OS. The van der Waals surface area contributed by atoms with E-state index in [2.05, 4.69) is 64.8 Å². The molecule has 0 aliphatic rings. The van der Waals surface area contributed by atoms with Crippen LogP contribution in [0.2, 0.25) is 0 Å². The van der Waals surface area contributed by atoms with Crippen LogP contribution in [0.1, 0.15) is 12.5 Å². The van der Waals surface area contributed by atoms with Gasteiger partial charge in [0, 0.05) is 41.7 Å². The molecule has 2 aromatic heterocycles. The third-order valence-electron chi connectivity index (χ3n) is 4.39. The molecule has 0 spiro atoms. The molecule has 4 nitrogen and oxygen atoms in total. The molecular weight excluding hydrogens is 342 g/mol. The first-order valence-corrected chi connectivity index (χ1v) is 9.57. The van der Waals surface area contributed by atoms with Gasteiger partial charge in [-0.1, -0.05) is 30.3 Å². The Morgan fingerprint density at radius 2 is 2.00 bits per heavy atom. The predicted octanol–water partition coefficient (Wildman–Crippen LogP) is 5.25. The smallest absolute Gasteiger partial charge is 0.183 e. The Balaban J connectivity index is 1.82. The fourth-order valence-corrected chi connectivity index (χ4v) is 3.93. The van der Waals surface area contributed by atoms with Gasteiger partial charge in [0.1, 0.15) is 5.75 Å². The number of hydrogen-bond acceptors (Lipinski definition) is 4. The lowest BCUT2D eigenvalue weighted by molar-refractivity contribution is 0.415. The van der Waals surface area contributed by atoms with E-state index in [1.54, 1.807) is 18.4 Å². The fourth-order valence-electron chi connectivity index (χ4n) is 3.14. The molecule has 0 atom stereocenters. The van der Waals surface area contributed by atoms with Gasteiger partial charge in [0.2, 0.25) is 0 Å². The molecule has 0 amide bonds.